The molecule has 0 radical (unpaired) electrons. The molecule has 0 aliphatic carbocycles. The van der Waals surface area contributed by atoms with Crippen molar-refractivity contribution in [2.24, 2.45) is 10.9 Å². The number of nitrogens with zero attached hydrogens (tertiary/aromatic N) is 1. The van der Waals surface area contributed by atoms with Crippen LogP contribution in [0.3, 0.4) is 0 Å². The zero-order chi connectivity index (χ0) is 20.1. The van der Waals surface area contributed by atoms with Crippen molar-refractivity contribution in [2.75, 3.05) is 6.61 Å². The lowest BCUT2D eigenvalue weighted by atomic mass is 10.00. The van der Waals surface area contributed by atoms with Crippen LogP contribution in [0.25, 0.3) is 0 Å². The molecule has 28 heavy (non-hydrogen) atoms. The smallest absolute Gasteiger partial charge is 0.241 e. The van der Waals surface area contributed by atoms with Crippen LogP contribution in [0.4, 0.5) is 0 Å². The van der Waals surface area contributed by atoms with Crippen molar-refractivity contribution in [1.29, 1.82) is 0 Å². The van der Waals surface area contributed by atoms with Gasteiger partial charge in [0.05, 0.1) is 10.9 Å². The van der Waals surface area contributed by atoms with Gasteiger partial charge in [-0.3, -0.25) is 0 Å². The van der Waals surface area contributed by atoms with Crippen molar-refractivity contribution in [3.63, 3.8) is 0 Å². The van der Waals surface area contributed by atoms with Gasteiger partial charge in [-0.15, -0.1) is 0 Å². The number of nitrogens with one attached hydrogen (secondary N) is 1. The molecule has 5 nitrogen and oxygen atoms in total. The van der Waals surface area contributed by atoms with Crippen molar-refractivity contribution in [1.82, 2.24) is 4.72 Å². The second-order valence-electron chi connectivity index (χ2n) is 7.42. The fraction of sp³-hybridized carbons (Fsp3) is 0.409. The highest BCUT2D eigenvalue weighted by atomic mass is 32.2. The van der Waals surface area contributed by atoms with Gasteiger partial charge < -0.3 is 4.74 Å². The molecule has 1 heterocycles. The third-order valence-electron chi connectivity index (χ3n) is 5.14. The molecule has 1 unspecified atom stereocenters. The highest BCUT2D eigenvalue weighted by molar-refractivity contribution is 7.89. The van der Waals surface area contributed by atoms with Crippen LogP contribution >= 0.6 is 0 Å². The summed E-state index contributed by atoms with van der Waals surface area (Å²) in [6, 6.07) is 16.5. The number of hydrogen-bond acceptors (Lipinski definition) is 4. The third-order valence-corrected chi connectivity index (χ3v) is 6.60. The molecule has 0 aromatic heterocycles. The molecular formula is C22H28N2O3S. The summed E-state index contributed by atoms with van der Waals surface area (Å²) in [5.41, 5.74) is 2.21. The Morgan fingerprint density at radius 2 is 1.82 bits per heavy atom. The molecule has 2 aromatic rings. The lowest BCUT2D eigenvalue weighted by Crippen LogP contribution is -2.45. The van der Waals surface area contributed by atoms with E-state index >= 15 is 0 Å². The van der Waals surface area contributed by atoms with Gasteiger partial charge in [-0.25, -0.2) is 13.4 Å². The Morgan fingerprint density at radius 1 is 1.14 bits per heavy atom. The maximum absolute atomic E-state index is 12.9. The summed E-state index contributed by atoms with van der Waals surface area (Å²) in [7, 11) is -3.66. The Morgan fingerprint density at radius 3 is 2.46 bits per heavy atom. The maximum atomic E-state index is 12.9. The van der Waals surface area contributed by atoms with Gasteiger partial charge in [-0.05, 0) is 37.0 Å². The summed E-state index contributed by atoms with van der Waals surface area (Å²) in [4.78, 5) is 4.97. The summed E-state index contributed by atoms with van der Waals surface area (Å²) in [6.07, 6.45) is 1.59. The van der Waals surface area contributed by atoms with Gasteiger partial charge in [0.1, 0.15) is 12.6 Å². The van der Waals surface area contributed by atoms with Gasteiger partial charge in [0.15, 0.2) is 0 Å². The fourth-order valence-corrected chi connectivity index (χ4v) is 4.49. The minimum atomic E-state index is -3.66. The van der Waals surface area contributed by atoms with E-state index < -0.39 is 16.1 Å². The van der Waals surface area contributed by atoms with E-state index in [0.29, 0.717) is 12.5 Å². The first-order valence-corrected chi connectivity index (χ1v) is 11.2. The summed E-state index contributed by atoms with van der Waals surface area (Å²) < 4.78 is 34.4. The molecule has 3 rings (SSSR count). The second kappa shape index (κ2) is 8.88. The first kappa shape index (κ1) is 20.6. The zero-order valence-corrected chi connectivity index (χ0v) is 17.4. The number of hydrogen-bond donors (Lipinski definition) is 1. The lowest BCUT2D eigenvalue weighted by Gasteiger charge is -2.23. The van der Waals surface area contributed by atoms with Gasteiger partial charge >= 0.3 is 0 Å². The lowest BCUT2D eigenvalue weighted by molar-refractivity contribution is 0.291. The molecule has 0 spiro atoms. The molecule has 0 saturated heterocycles. The second-order valence-corrected chi connectivity index (χ2v) is 9.13. The van der Waals surface area contributed by atoms with Gasteiger partial charge in [0.2, 0.25) is 15.9 Å². The quantitative estimate of drug-likeness (QED) is 0.734. The van der Waals surface area contributed by atoms with E-state index in [0.717, 1.165) is 18.4 Å². The first-order chi connectivity index (χ1) is 13.4. The molecule has 0 amide bonds. The number of ether oxygens (including phenoxy) is 1. The SMILES string of the molecule is CC[C@H](C)[C@H](NS(=O)(=O)c1ccc(C)cc1)C1=NC(Cc2ccccc2)CO1. The molecule has 3 atom stereocenters. The predicted molar refractivity (Wildman–Crippen MR) is 112 cm³/mol. The summed E-state index contributed by atoms with van der Waals surface area (Å²) >= 11 is 0. The molecule has 1 aliphatic rings. The van der Waals surface area contributed by atoms with Gasteiger partial charge in [-0.2, -0.15) is 4.72 Å². The highest BCUT2D eigenvalue weighted by Crippen LogP contribution is 2.20. The number of sulfonamides is 1. The van der Waals surface area contributed by atoms with E-state index in [1.54, 1.807) is 24.3 Å². The highest BCUT2D eigenvalue weighted by Gasteiger charge is 2.33. The Bertz CT molecular complexity index is 909. The van der Waals surface area contributed by atoms with E-state index in [9.17, 15) is 8.42 Å². The van der Waals surface area contributed by atoms with E-state index in [-0.39, 0.29) is 16.9 Å². The minimum Gasteiger partial charge on any atom is -0.478 e. The predicted octanol–water partition coefficient (Wildman–Crippen LogP) is 3.73. The van der Waals surface area contributed by atoms with Crippen LogP contribution in [0.5, 0.6) is 0 Å². The number of aryl methyl sites for hydroxylation is 1. The largest absolute Gasteiger partial charge is 0.478 e. The molecule has 0 fully saturated rings. The van der Waals surface area contributed by atoms with Crippen molar-refractivity contribution < 1.29 is 13.2 Å². The van der Waals surface area contributed by atoms with Gasteiger partial charge in [0.25, 0.3) is 0 Å². The number of aliphatic imine (C=N–C) groups is 1. The molecule has 1 aliphatic heterocycles. The van der Waals surface area contributed by atoms with E-state index in [2.05, 4.69) is 16.9 Å². The minimum absolute atomic E-state index is 0.00725. The van der Waals surface area contributed by atoms with Crippen molar-refractivity contribution >= 4 is 15.9 Å². The summed E-state index contributed by atoms with van der Waals surface area (Å²) in [5, 5.41) is 0. The van der Waals surface area contributed by atoms with Crippen molar-refractivity contribution in [3.05, 3.63) is 65.7 Å². The summed E-state index contributed by atoms with van der Waals surface area (Å²) in [5.74, 6) is 0.556. The Hall–Kier alpha value is -2.18. The zero-order valence-electron chi connectivity index (χ0n) is 16.6. The molecule has 6 heteroatoms. The van der Waals surface area contributed by atoms with Gasteiger partial charge in [0, 0.05) is 0 Å². The van der Waals surface area contributed by atoms with E-state index in [1.165, 1.54) is 5.56 Å². The summed E-state index contributed by atoms with van der Waals surface area (Å²) in [6.45, 7) is 6.46. The molecule has 2 aromatic carbocycles. The van der Waals surface area contributed by atoms with E-state index in [4.69, 9.17) is 9.73 Å². The molecule has 1 N–H and O–H groups in total. The van der Waals surface area contributed by atoms with Crippen LogP contribution in [0.15, 0.2) is 64.5 Å². The Balaban J connectivity index is 1.78. The van der Waals surface area contributed by atoms with Crippen LogP contribution in [-0.4, -0.2) is 33.0 Å². The monoisotopic (exact) mass is 400 g/mol. The van der Waals surface area contributed by atoms with Crippen LogP contribution in [0, 0.1) is 12.8 Å². The third kappa shape index (κ3) is 5.00. The number of benzene rings is 2. The maximum Gasteiger partial charge on any atom is 0.241 e. The standard InChI is InChI=1S/C22H28N2O3S/c1-4-17(3)21(24-28(25,26)20-12-10-16(2)11-13-20)22-23-19(15-27-22)14-18-8-6-5-7-9-18/h5-13,17,19,21,24H,4,14-15H2,1-3H3/t17-,19?,21-/m0/s1. The van der Waals surface area contributed by atoms with Crippen LogP contribution < -0.4 is 4.72 Å². The van der Waals surface area contributed by atoms with Crippen molar-refractivity contribution in [2.45, 2.75) is 50.6 Å². The fourth-order valence-electron chi connectivity index (χ4n) is 3.20. The molecule has 0 saturated carbocycles. The average molecular weight is 401 g/mol. The van der Waals surface area contributed by atoms with Crippen LogP contribution in [0.1, 0.15) is 31.4 Å². The number of rotatable bonds is 8. The Labute approximate surface area is 167 Å². The van der Waals surface area contributed by atoms with Gasteiger partial charge in [-0.1, -0.05) is 68.3 Å². The van der Waals surface area contributed by atoms with Crippen LogP contribution in [0.2, 0.25) is 0 Å². The molecule has 150 valence electrons. The molecule has 0 bridgehead atoms. The normalized spacial score (nSPS) is 19.0. The average Bonchev–Trinajstić information content (AvgIpc) is 3.15. The first-order valence-electron chi connectivity index (χ1n) is 9.72. The van der Waals surface area contributed by atoms with Crippen LogP contribution in [-0.2, 0) is 21.2 Å². The Kier molecular flexibility index (Phi) is 6.52. The van der Waals surface area contributed by atoms with E-state index in [1.807, 2.05) is 39.0 Å². The topological polar surface area (TPSA) is 67.8 Å². The van der Waals surface area contributed by atoms with Crippen molar-refractivity contribution in [3.8, 4) is 0 Å². The molecular weight excluding hydrogens is 372 g/mol.